The third kappa shape index (κ3) is 8.03. The summed E-state index contributed by atoms with van der Waals surface area (Å²) in [7, 11) is 0. The minimum absolute atomic E-state index is 0.274. The summed E-state index contributed by atoms with van der Waals surface area (Å²) in [5, 5.41) is 0. The lowest BCUT2D eigenvalue weighted by Crippen LogP contribution is -2.01. The molecule has 0 fully saturated rings. The molecular weight excluding hydrogens is 154 g/mol. The van der Waals surface area contributed by atoms with Gasteiger partial charge in [-0.2, -0.15) is 0 Å². The van der Waals surface area contributed by atoms with Gasteiger partial charge in [0.15, 0.2) is 0 Å². The summed E-state index contributed by atoms with van der Waals surface area (Å²) in [5.41, 5.74) is 5.21. The molecule has 1 atom stereocenters. The van der Waals surface area contributed by atoms with E-state index in [9.17, 15) is 8.76 Å². The van der Waals surface area contributed by atoms with E-state index in [4.69, 9.17) is 5.73 Å². The highest BCUT2D eigenvalue weighted by Crippen LogP contribution is 1.94. The average molecular weight is 166 g/mol. The molecule has 2 N–H and O–H groups in total. The molecule has 0 aliphatic carbocycles. The van der Waals surface area contributed by atoms with E-state index in [2.05, 4.69) is 4.18 Å². The van der Waals surface area contributed by atoms with Gasteiger partial charge in [0, 0.05) is 0 Å². The second-order valence-electron chi connectivity index (χ2n) is 1.88. The SMILES string of the molecule is NCCCCCOS(=O)[O-]. The normalized spacial score (nSPS) is 13.4. The van der Waals surface area contributed by atoms with Crippen LogP contribution < -0.4 is 5.73 Å². The molecule has 10 heavy (non-hydrogen) atoms. The van der Waals surface area contributed by atoms with Crippen molar-refractivity contribution in [2.75, 3.05) is 13.2 Å². The van der Waals surface area contributed by atoms with E-state index in [1.54, 1.807) is 0 Å². The third-order valence-electron chi connectivity index (χ3n) is 1.03. The molecule has 0 aromatic carbocycles. The van der Waals surface area contributed by atoms with Crippen LogP contribution in [0.15, 0.2) is 0 Å². The summed E-state index contributed by atoms with van der Waals surface area (Å²) in [6.07, 6.45) is 2.60. The number of rotatable bonds is 6. The second kappa shape index (κ2) is 7.14. The van der Waals surface area contributed by atoms with Crippen molar-refractivity contribution in [2.45, 2.75) is 19.3 Å². The summed E-state index contributed by atoms with van der Waals surface area (Å²) < 4.78 is 23.8. The fourth-order valence-corrected chi connectivity index (χ4v) is 0.804. The van der Waals surface area contributed by atoms with Crippen molar-refractivity contribution >= 4 is 11.4 Å². The van der Waals surface area contributed by atoms with Crippen molar-refractivity contribution in [3.8, 4) is 0 Å². The summed E-state index contributed by atoms with van der Waals surface area (Å²) in [6.45, 7) is 0.927. The zero-order valence-electron chi connectivity index (χ0n) is 5.75. The van der Waals surface area contributed by atoms with Crippen LogP contribution >= 0.6 is 0 Å². The molecule has 0 aromatic heterocycles. The molecule has 0 heterocycles. The molecule has 0 aliphatic rings. The predicted molar refractivity (Wildman–Crippen MR) is 37.8 cm³/mol. The fraction of sp³-hybridized carbons (Fsp3) is 1.00. The Labute approximate surface area is 63.2 Å². The number of hydrogen-bond acceptors (Lipinski definition) is 4. The fourth-order valence-electron chi connectivity index (χ4n) is 0.550. The predicted octanol–water partition coefficient (Wildman–Crippen LogP) is -0.0739. The Morgan fingerprint density at radius 2 is 2.10 bits per heavy atom. The first-order chi connectivity index (χ1) is 4.77. The standard InChI is InChI=1S/C5H13NO3S/c6-4-2-1-3-5-9-10(7)8/h1-6H2,(H,7,8)/p-1. The van der Waals surface area contributed by atoms with E-state index in [0.717, 1.165) is 19.3 Å². The van der Waals surface area contributed by atoms with Gasteiger partial charge in [-0.3, -0.25) is 0 Å². The molecule has 0 aromatic rings. The molecule has 0 radical (unpaired) electrons. The number of hydrogen-bond donors (Lipinski definition) is 1. The first-order valence-corrected chi connectivity index (χ1v) is 4.20. The maximum Gasteiger partial charge on any atom is 0.0842 e. The van der Waals surface area contributed by atoms with Gasteiger partial charge in [0.25, 0.3) is 0 Å². The molecule has 4 nitrogen and oxygen atoms in total. The van der Waals surface area contributed by atoms with E-state index >= 15 is 0 Å². The second-order valence-corrected chi connectivity index (χ2v) is 2.52. The van der Waals surface area contributed by atoms with Crippen LogP contribution in [0.25, 0.3) is 0 Å². The van der Waals surface area contributed by atoms with Gasteiger partial charge in [0.05, 0.1) is 18.0 Å². The summed E-state index contributed by atoms with van der Waals surface area (Å²) >= 11 is -2.35. The topological polar surface area (TPSA) is 75.4 Å². The van der Waals surface area contributed by atoms with E-state index in [1.165, 1.54) is 0 Å². The third-order valence-corrected chi connectivity index (χ3v) is 1.39. The first kappa shape index (κ1) is 10.0. The van der Waals surface area contributed by atoms with Crippen LogP contribution in [0.1, 0.15) is 19.3 Å². The highest BCUT2D eigenvalue weighted by atomic mass is 32.2. The van der Waals surface area contributed by atoms with Gasteiger partial charge in [-0.25, -0.2) is 4.21 Å². The maximum absolute atomic E-state index is 9.79. The summed E-state index contributed by atoms with van der Waals surface area (Å²) in [5.74, 6) is 0. The van der Waals surface area contributed by atoms with Gasteiger partial charge in [-0.15, -0.1) is 0 Å². The Hall–Kier alpha value is 0.0300. The largest absolute Gasteiger partial charge is 0.750 e. The van der Waals surface area contributed by atoms with E-state index < -0.39 is 11.4 Å². The molecule has 5 heteroatoms. The molecule has 0 saturated carbocycles. The number of unbranched alkanes of at least 4 members (excludes halogenated alkanes) is 2. The van der Waals surface area contributed by atoms with Gasteiger partial charge in [0.2, 0.25) is 0 Å². The van der Waals surface area contributed by atoms with Crippen molar-refractivity contribution in [1.29, 1.82) is 0 Å². The van der Waals surface area contributed by atoms with Gasteiger partial charge in [-0.05, 0) is 25.8 Å². The molecule has 0 spiro atoms. The van der Waals surface area contributed by atoms with Crippen LogP contribution in [-0.2, 0) is 15.5 Å². The van der Waals surface area contributed by atoms with Crippen LogP contribution in [0.4, 0.5) is 0 Å². The summed E-state index contributed by atoms with van der Waals surface area (Å²) in [6, 6.07) is 0. The monoisotopic (exact) mass is 166 g/mol. The Bertz CT molecular complexity index is 98.9. The quantitative estimate of drug-likeness (QED) is 0.442. The molecule has 0 amide bonds. The van der Waals surface area contributed by atoms with Crippen molar-refractivity contribution in [2.24, 2.45) is 5.73 Å². The van der Waals surface area contributed by atoms with Gasteiger partial charge >= 0.3 is 0 Å². The molecule has 0 aliphatic heterocycles. The average Bonchev–Trinajstić information content (AvgIpc) is 1.87. The van der Waals surface area contributed by atoms with Crippen LogP contribution in [0.5, 0.6) is 0 Å². The van der Waals surface area contributed by atoms with Crippen molar-refractivity contribution in [3.63, 3.8) is 0 Å². The smallest absolute Gasteiger partial charge is 0.0842 e. The van der Waals surface area contributed by atoms with Crippen LogP contribution in [0, 0.1) is 0 Å². The zero-order chi connectivity index (χ0) is 7.82. The Morgan fingerprint density at radius 3 is 2.60 bits per heavy atom. The van der Waals surface area contributed by atoms with Crippen molar-refractivity contribution < 1.29 is 12.9 Å². The number of nitrogens with two attached hydrogens (primary N) is 1. The Morgan fingerprint density at radius 1 is 1.40 bits per heavy atom. The van der Waals surface area contributed by atoms with E-state index in [1.807, 2.05) is 0 Å². The Balaban J connectivity index is 2.84. The van der Waals surface area contributed by atoms with Crippen molar-refractivity contribution in [1.82, 2.24) is 0 Å². The van der Waals surface area contributed by atoms with Crippen LogP contribution in [0.3, 0.4) is 0 Å². The molecule has 0 rings (SSSR count). The molecule has 62 valence electrons. The maximum atomic E-state index is 9.79. The summed E-state index contributed by atoms with van der Waals surface area (Å²) in [4.78, 5) is 0. The molecule has 1 unspecified atom stereocenters. The van der Waals surface area contributed by atoms with Crippen molar-refractivity contribution in [3.05, 3.63) is 0 Å². The van der Waals surface area contributed by atoms with Crippen LogP contribution in [-0.4, -0.2) is 21.9 Å². The lowest BCUT2D eigenvalue weighted by molar-refractivity contribution is 0.291. The van der Waals surface area contributed by atoms with E-state index in [-0.39, 0.29) is 6.61 Å². The van der Waals surface area contributed by atoms with Gasteiger partial charge < -0.3 is 14.5 Å². The van der Waals surface area contributed by atoms with Gasteiger partial charge in [-0.1, -0.05) is 0 Å². The van der Waals surface area contributed by atoms with Crippen LogP contribution in [0.2, 0.25) is 0 Å². The lowest BCUT2D eigenvalue weighted by Gasteiger charge is -2.04. The highest BCUT2D eigenvalue weighted by molar-refractivity contribution is 7.74. The molecule has 0 bridgehead atoms. The molecule has 0 saturated heterocycles. The minimum Gasteiger partial charge on any atom is -0.750 e. The Kier molecular flexibility index (Phi) is 7.16. The lowest BCUT2D eigenvalue weighted by atomic mass is 10.2. The van der Waals surface area contributed by atoms with Gasteiger partial charge in [0.1, 0.15) is 0 Å². The molecular formula is C5H12NO3S-. The minimum atomic E-state index is -2.35. The zero-order valence-corrected chi connectivity index (χ0v) is 6.56. The highest BCUT2D eigenvalue weighted by Gasteiger charge is 1.87. The first-order valence-electron chi connectivity index (χ1n) is 3.20. The van der Waals surface area contributed by atoms with E-state index in [0.29, 0.717) is 6.54 Å².